The first-order valence-electron chi connectivity index (χ1n) is 9.11. The summed E-state index contributed by atoms with van der Waals surface area (Å²) in [5.74, 6) is 0.346. The van der Waals surface area contributed by atoms with Crippen LogP contribution in [0.1, 0.15) is 53.3 Å². The number of unbranched alkanes of at least 4 members (excludes halogenated alkanes) is 1. The second-order valence-corrected chi connectivity index (χ2v) is 6.47. The van der Waals surface area contributed by atoms with Gasteiger partial charge >= 0.3 is 0 Å². The Kier molecular flexibility index (Phi) is 5.89. The molecule has 1 fully saturated rings. The molecule has 0 bridgehead atoms. The molecule has 2 amide bonds. The SMILES string of the molecule is CCCCOc1ccc(C(=O)Nc2ccccc2C(=O)NC2CC2)cc1. The molecule has 0 unspecified atom stereocenters. The van der Waals surface area contributed by atoms with Gasteiger partial charge in [0.05, 0.1) is 17.9 Å². The van der Waals surface area contributed by atoms with Gasteiger partial charge in [-0.2, -0.15) is 0 Å². The van der Waals surface area contributed by atoms with Crippen molar-refractivity contribution in [1.82, 2.24) is 5.32 Å². The van der Waals surface area contributed by atoms with Crippen LogP contribution in [0, 0.1) is 0 Å². The summed E-state index contributed by atoms with van der Waals surface area (Å²) in [5, 5.41) is 5.78. The first-order valence-corrected chi connectivity index (χ1v) is 9.11. The van der Waals surface area contributed by atoms with Gasteiger partial charge in [0.1, 0.15) is 5.75 Å². The molecule has 0 saturated heterocycles. The van der Waals surface area contributed by atoms with E-state index in [1.54, 1.807) is 48.5 Å². The fourth-order valence-corrected chi connectivity index (χ4v) is 2.51. The summed E-state index contributed by atoms with van der Waals surface area (Å²) in [4.78, 5) is 24.8. The first-order chi connectivity index (χ1) is 12.7. The van der Waals surface area contributed by atoms with Gasteiger partial charge in [0.15, 0.2) is 0 Å². The Balaban J connectivity index is 1.65. The summed E-state index contributed by atoms with van der Waals surface area (Å²) in [6.07, 6.45) is 4.12. The smallest absolute Gasteiger partial charge is 0.255 e. The molecular formula is C21H24N2O3. The van der Waals surface area contributed by atoms with Crippen molar-refractivity contribution in [2.24, 2.45) is 0 Å². The van der Waals surface area contributed by atoms with E-state index in [9.17, 15) is 9.59 Å². The zero-order chi connectivity index (χ0) is 18.4. The lowest BCUT2D eigenvalue weighted by Gasteiger charge is -2.11. The van der Waals surface area contributed by atoms with Gasteiger partial charge < -0.3 is 15.4 Å². The van der Waals surface area contributed by atoms with E-state index in [-0.39, 0.29) is 17.9 Å². The first kappa shape index (κ1) is 18.0. The van der Waals surface area contributed by atoms with Gasteiger partial charge in [-0.05, 0) is 55.7 Å². The summed E-state index contributed by atoms with van der Waals surface area (Å²) in [5.41, 5.74) is 1.51. The van der Waals surface area contributed by atoms with E-state index in [2.05, 4.69) is 17.6 Å². The van der Waals surface area contributed by atoms with Crippen molar-refractivity contribution in [2.45, 2.75) is 38.6 Å². The zero-order valence-corrected chi connectivity index (χ0v) is 15.0. The Labute approximate surface area is 153 Å². The van der Waals surface area contributed by atoms with E-state index >= 15 is 0 Å². The maximum atomic E-state index is 12.5. The summed E-state index contributed by atoms with van der Waals surface area (Å²) < 4.78 is 5.61. The minimum Gasteiger partial charge on any atom is -0.494 e. The van der Waals surface area contributed by atoms with Crippen molar-refractivity contribution in [2.75, 3.05) is 11.9 Å². The predicted octanol–water partition coefficient (Wildman–Crippen LogP) is 4.01. The Morgan fingerprint density at radius 3 is 2.46 bits per heavy atom. The van der Waals surface area contributed by atoms with Crippen molar-refractivity contribution >= 4 is 17.5 Å². The fourth-order valence-electron chi connectivity index (χ4n) is 2.51. The van der Waals surface area contributed by atoms with E-state index in [0.29, 0.717) is 23.4 Å². The summed E-state index contributed by atoms with van der Waals surface area (Å²) >= 11 is 0. The molecule has 5 nitrogen and oxygen atoms in total. The lowest BCUT2D eigenvalue weighted by molar-refractivity contribution is 0.0952. The number of hydrogen-bond donors (Lipinski definition) is 2. The minimum absolute atomic E-state index is 0.150. The molecule has 1 saturated carbocycles. The number of hydrogen-bond acceptors (Lipinski definition) is 3. The predicted molar refractivity (Wildman–Crippen MR) is 102 cm³/mol. The molecule has 0 heterocycles. The maximum Gasteiger partial charge on any atom is 0.255 e. The molecule has 3 rings (SSSR count). The van der Waals surface area contributed by atoms with E-state index in [0.717, 1.165) is 31.4 Å². The van der Waals surface area contributed by atoms with Crippen LogP contribution in [0.4, 0.5) is 5.69 Å². The van der Waals surface area contributed by atoms with Crippen molar-refractivity contribution in [3.8, 4) is 5.75 Å². The van der Waals surface area contributed by atoms with Crippen molar-refractivity contribution in [3.63, 3.8) is 0 Å². The molecule has 2 aromatic carbocycles. The fraction of sp³-hybridized carbons (Fsp3) is 0.333. The highest BCUT2D eigenvalue weighted by Crippen LogP contribution is 2.22. The largest absolute Gasteiger partial charge is 0.494 e. The van der Waals surface area contributed by atoms with Crippen molar-refractivity contribution in [3.05, 3.63) is 59.7 Å². The van der Waals surface area contributed by atoms with Gasteiger partial charge in [0.25, 0.3) is 11.8 Å². The Morgan fingerprint density at radius 2 is 1.77 bits per heavy atom. The van der Waals surface area contributed by atoms with Crippen LogP contribution in [-0.4, -0.2) is 24.5 Å². The van der Waals surface area contributed by atoms with E-state index < -0.39 is 0 Å². The second-order valence-electron chi connectivity index (χ2n) is 6.47. The normalized spacial score (nSPS) is 13.1. The third-order valence-electron chi connectivity index (χ3n) is 4.22. The number of rotatable bonds is 8. The number of carbonyl (C=O) groups excluding carboxylic acids is 2. The number of nitrogens with one attached hydrogen (secondary N) is 2. The third-order valence-corrected chi connectivity index (χ3v) is 4.22. The molecule has 5 heteroatoms. The number of benzene rings is 2. The number of carbonyl (C=O) groups is 2. The van der Waals surface area contributed by atoms with Crippen LogP contribution in [0.15, 0.2) is 48.5 Å². The Morgan fingerprint density at radius 1 is 1.04 bits per heavy atom. The van der Waals surface area contributed by atoms with Crippen molar-refractivity contribution in [1.29, 1.82) is 0 Å². The molecular weight excluding hydrogens is 328 g/mol. The van der Waals surface area contributed by atoms with Crippen LogP contribution in [0.25, 0.3) is 0 Å². The van der Waals surface area contributed by atoms with E-state index in [1.807, 2.05) is 0 Å². The lowest BCUT2D eigenvalue weighted by atomic mass is 10.1. The highest BCUT2D eigenvalue weighted by atomic mass is 16.5. The van der Waals surface area contributed by atoms with Gasteiger partial charge in [0.2, 0.25) is 0 Å². The molecule has 0 atom stereocenters. The number of ether oxygens (including phenoxy) is 1. The van der Waals surface area contributed by atoms with E-state index in [1.165, 1.54) is 0 Å². The molecule has 1 aliphatic carbocycles. The summed E-state index contributed by atoms with van der Waals surface area (Å²) in [6, 6.07) is 14.3. The zero-order valence-electron chi connectivity index (χ0n) is 15.0. The highest BCUT2D eigenvalue weighted by Gasteiger charge is 2.25. The molecule has 0 spiro atoms. The highest BCUT2D eigenvalue weighted by molar-refractivity contribution is 6.09. The average molecular weight is 352 g/mol. The average Bonchev–Trinajstić information content (AvgIpc) is 3.47. The Hall–Kier alpha value is -2.82. The Bertz CT molecular complexity index is 767. The quantitative estimate of drug-likeness (QED) is 0.706. The van der Waals surface area contributed by atoms with Crippen molar-refractivity contribution < 1.29 is 14.3 Å². The van der Waals surface area contributed by atoms with Gasteiger partial charge in [-0.3, -0.25) is 9.59 Å². The van der Waals surface area contributed by atoms with Gasteiger partial charge in [0, 0.05) is 11.6 Å². The summed E-state index contributed by atoms with van der Waals surface area (Å²) in [6.45, 7) is 2.78. The van der Waals surface area contributed by atoms with Crippen LogP contribution in [0.5, 0.6) is 5.75 Å². The number of para-hydroxylation sites is 1. The monoisotopic (exact) mass is 352 g/mol. The molecule has 0 aromatic heterocycles. The molecule has 0 radical (unpaired) electrons. The van der Waals surface area contributed by atoms with Crippen LogP contribution in [0.3, 0.4) is 0 Å². The number of amides is 2. The number of anilines is 1. The minimum atomic E-state index is -0.253. The third kappa shape index (κ3) is 4.85. The molecule has 26 heavy (non-hydrogen) atoms. The van der Waals surface area contributed by atoms with Gasteiger partial charge in [-0.15, -0.1) is 0 Å². The molecule has 1 aliphatic rings. The standard InChI is InChI=1S/C21H24N2O3/c1-2-3-14-26-17-12-8-15(9-13-17)20(24)23-19-7-5-4-6-18(19)21(25)22-16-10-11-16/h4-9,12-13,16H,2-3,10-11,14H2,1H3,(H,22,25)(H,23,24). The van der Waals surface area contributed by atoms with Gasteiger partial charge in [-0.1, -0.05) is 25.5 Å². The van der Waals surface area contributed by atoms with E-state index in [4.69, 9.17) is 4.74 Å². The summed E-state index contributed by atoms with van der Waals surface area (Å²) in [7, 11) is 0. The lowest BCUT2D eigenvalue weighted by Crippen LogP contribution is -2.27. The van der Waals surface area contributed by atoms with Crippen LogP contribution >= 0.6 is 0 Å². The maximum absolute atomic E-state index is 12.5. The molecule has 2 aromatic rings. The van der Waals surface area contributed by atoms with Crippen LogP contribution in [0.2, 0.25) is 0 Å². The van der Waals surface area contributed by atoms with Crippen LogP contribution in [-0.2, 0) is 0 Å². The van der Waals surface area contributed by atoms with Gasteiger partial charge in [-0.25, -0.2) is 0 Å². The molecule has 136 valence electrons. The van der Waals surface area contributed by atoms with Crippen LogP contribution < -0.4 is 15.4 Å². The molecule has 2 N–H and O–H groups in total. The molecule has 0 aliphatic heterocycles. The topological polar surface area (TPSA) is 67.4 Å². The second kappa shape index (κ2) is 8.52.